The highest BCUT2D eigenvalue weighted by Crippen LogP contribution is 2.11. The lowest BCUT2D eigenvalue weighted by atomic mass is 10.2. The minimum atomic E-state index is -0.0374. The Morgan fingerprint density at radius 1 is 1.48 bits per heavy atom. The average Bonchev–Trinajstić information content (AvgIpc) is 3.05. The van der Waals surface area contributed by atoms with Crippen LogP contribution < -0.4 is 10.6 Å². The van der Waals surface area contributed by atoms with Gasteiger partial charge in [0, 0.05) is 40.4 Å². The number of likely N-dealkylation sites (N-methyl/N-ethyl adjacent to an activating group) is 1. The molecule has 0 aliphatic carbocycles. The van der Waals surface area contributed by atoms with Gasteiger partial charge in [-0.3, -0.25) is 4.79 Å². The topological polar surface area (TPSA) is 75.2 Å². The molecule has 0 aromatic heterocycles. The van der Waals surface area contributed by atoms with Crippen LogP contribution in [0.3, 0.4) is 0 Å². The first-order chi connectivity index (χ1) is 11.1. The maximum absolute atomic E-state index is 11.6. The van der Waals surface area contributed by atoms with E-state index in [0.717, 1.165) is 32.4 Å². The molecule has 7 heteroatoms. The second-order valence-electron chi connectivity index (χ2n) is 5.61. The number of nitrogens with zero attached hydrogens (tertiary/aromatic N) is 2. The van der Waals surface area contributed by atoms with E-state index in [2.05, 4.69) is 22.2 Å². The summed E-state index contributed by atoms with van der Waals surface area (Å²) in [7, 11) is 3.43. The van der Waals surface area contributed by atoms with Crippen molar-refractivity contribution in [3.63, 3.8) is 0 Å². The van der Waals surface area contributed by atoms with Gasteiger partial charge in [0.1, 0.15) is 6.54 Å². The van der Waals surface area contributed by atoms with Gasteiger partial charge in [-0.2, -0.15) is 0 Å². The largest absolute Gasteiger partial charge is 0.379 e. The lowest BCUT2D eigenvalue weighted by Crippen LogP contribution is -2.39. The quantitative estimate of drug-likeness (QED) is 0.263. The molecular formula is C16H30N4O3. The Bertz CT molecular complexity index is 380. The monoisotopic (exact) mass is 326 g/mol. The number of carbonyl (C=O) groups is 1. The number of carbonyl (C=O) groups excluding carboxylic acids is 1. The molecule has 1 atom stereocenters. The normalized spacial score (nSPS) is 17.8. The van der Waals surface area contributed by atoms with Crippen molar-refractivity contribution in [1.82, 2.24) is 15.5 Å². The van der Waals surface area contributed by atoms with Crippen molar-refractivity contribution in [1.29, 1.82) is 0 Å². The molecule has 23 heavy (non-hydrogen) atoms. The fraction of sp³-hybridized carbons (Fsp3) is 0.750. The summed E-state index contributed by atoms with van der Waals surface area (Å²) in [6.45, 7) is 7.31. The predicted molar refractivity (Wildman–Crippen MR) is 91.6 cm³/mol. The fourth-order valence-electron chi connectivity index (χ4n) is 2.00. The van der Waals surface area contributed by atoms with Crippen LogP contribution in [0.5, 0.6) is 0 Å². The summed E-state index contributed by atoms with van der Waals surface area (Å²) in [6, 6.07) is 0. The number of nitrogens with one attached hydrogen (secondary N) is 2. The van der Waals surface area contributed by atoms with E-state index in [1.54, 1.807) is 20.2 Å². The van der Waals surface area contributed by atoms with Gasteiger partial charge >= 0.3 is 0 Å². The van der Waals surface area contributed by atoms with Gasteiger partial charge in [-0.25, -0.2) is 4.99 Å². The third-order valence-electron chi connectivity index (χ3n) is 3.37. The Hall–Kier alpha value is -1.60. The number of ether oxygens (including phenoxy) is 2. The third-order valence-corrected chi connectivity index (χ3v) is 3.37. The standard InChI is InChI=1S/C16H30N4O3/c1-4-8-17-16(19-12-15(21)20(2)3)18-9-6-10-22-13-14-7-5-11-23-14/h4,14H,1,5-13H2,2-3H3,(H2,17,18,19). The zero-order valence-corrected chi connectivity index (χ0v) is 14.3. The number of amides is 1. The van der Waals surface area contributed by atoms with Crippen LogP contribution in [-0.2, 0) is 14.3 Å². The highest BCUT2D eigenvalue weighted by molar-refractivity contribution is 5.84. The summed E-state index contributed by atoms with van der Waals surface area (Å²) < 4.78 is 11.1. The highest BCUT2D eigenvalue weighted by atomic mass is 16.5. The minimum absolute atomic E-state index is 0.0374. The van der Waals surface area contributed by atoms with Crippen molar-refractivity contribution in [3.05, 3.63) is 12.7 Å². The molecule has 0 saturated carbocycles. The first-order valence-electron chi connectivity index (χ1n) is 8.16. The van der Waals surface area contributed by atoms with Gasteiger partial charge in [-0.1, -0.05) is 6.08 Å². The van der Waals surface area contributed by atoms with Gasteiger partial charge in [-0.15, -0.1) is 6.58 Å². The Balaban J connectivity index is 2.17. The number of hydrogen-bond acceptors (Lipinski definition) is 4. The summed E-state index contributed by atoms with van der Waals surface area (Å²) >= 11 is 0. The molecule has 7 nitrogen and oxygen atoms in total. The third kappa shape index (κ3) is 9.20. The fourth-order valence-corrected chi connectivity index (χ4v) is 2.00. The lowest BCUT2D eigenvalue weighted by Gasteiger charge is -2.13. The number of hydrogen-bond donors (Lipinski definition) is 2. The van der Waals surface area contributed by atoms with Gasteiger partial charge < -0.3 is 25.0 Å². The van der Waals surface area contributed by atoms with E-state index in [1.165, 1.54) is 4.90 Å². The molecule has 2 N–H and O–H groups in total. The SMILES string of the molecule is C=CCNC(=NCC(=O)N(C)C)NCCCOCC1CCCO1. The maximum Gasteiger partial charge on any atom is 0.243 e. The molecule has 132 valence electrons. The first-order valence-corrected chi connectivity index (χ1v) is 8.16. The smallest absolute Gasteiger partial charge is 0.243 e. The van der Waals surface area contributed by atoms with Crippen LogP contribution in [0.15, 0.2) is 17.6 Å². The molecule has 0 bridgehead atoms. The summed E-state index contributed by atoms with van der Waals surface area (Å²) in [5, 5.41) is 6.28. The lowest BCUT2D eigenvalue weighted by molar-refractivity contribution is -0.127. The van der Waals surface area contributed by atoms with Crippen molar-refractivity contribution in [2.24, 2.45) is 4.99 Å². The van der Waals surface area contributed by atoms with E-state index in [-0.39, 0.29) is 18.6 Å². The summed E-state index contributed by atoms with van der Waals surface area (Å²) in [4.78, 5) is 17.4. The zero-order valence-electron chi connectivity index (χ0n) is 14.3. The Kier molecular flexibility index (Phi) is 10.1. The predicted octanol–water partition coefficient (Wildman–Crippen LogP) is 0.382. The summed E-state index contributed by atoms with van der Waals surface area (Å²) in [5.74, 6) is 0.573. The van der Waals surface area contributed by atoms with Crippen LogP contribution in [0.2, 0.25) is 0 Å². The maximum atomic E-state index is 11.6. The second kappa shape index (κ2) is 11.9. The van der Waals surface area contributed by atoms with Crippen LogP contribution >= 0.6 is 0 Å². The molecule has 0 aromatic rings. The molecule has 1 heterocycles. The van der Waals surface area contributed by atoms with Crippen molar-refractivity contribution < 1.29 is 14.3 Å². The highest BCUT2D eigenvalue weighted by Gasteiger charge is 2.14. The first kappa shape index (κ1) is 19.4. The van der Waals surface area contributed by atoms with E-state index >= 15 is 0 Å². The Labute approximate surface area is 139 Å². The minimum Gasteiger partial charge on any atom is -0.379 e. The van der Waals surface area contributed by atoms with Crippen LogP contribution in [0.4, 0.5) is 0 Å². The molecule has 1 fully saturated rings. The number of guanidine groups is 1. The van der Waals surface area contributed by atoms with Crippen molar-refractivity contribution in [3.8, 4) is 0 Å². The van der Waals surface area contributed by atoms with E-state index in [0.29, 0.717) is 25.7 Å². The second-order valence-corrected chi connectivity index (χ2v) is 5.61. The van der Waals surface area contributed by atoms with Gasteiger partial charge in [0.15, 0.2) is 5.96 Å². The van der Waals surface area contributed by atoms with Gasteiger partial charge in [-0.05, 0) is 19.3 Å². The van der Waals surface area contributed by atoms with Crippen LogP contribution in [0, 0.1) is 0 Å². The molecule has 0 aromatic carbocycles. The molecule has 1 aliphatic rings. The van der Waals surface area contributed by atoms with Crippen LogP contribution in [0.1, 0.15) is 19.3 Å². The van der Waals surface area contributed by atoms with Gasteiger partial charge in [0.05, 0.1) is 12.7 Å². The average molecular weight is 326 g/mol. The molecule has 0 radical (unpaired) electrons. The number of aliphatic imine (C=N–C) groups is 1. The molecular weight excluding hydrogens is 296 g/mol. The van der Waals surface area contributed by atoms with E-state index in [4.69, 9.17) is 9.47 Å². The van der Waals surface area contributed by atoms with E-state index < -0.39 is 0 Å². The molecule has 0 spiro atoms. The number of rotatable bonds is 10. The van der Waals surface area contributed by atoms with Crippen molar-refractivity contribution in [2.75, 3.05) is 53.6 Å². The van der Waals surface area contributed by atoms with Crippen LogP contribution in [0.25, 0.3) is 0 Å². The molecule has 1 aliphatic heterocycles. The van der Waals surface area contributed by atoms with Gasteiger partial charge in [0.2, 0.25) is 5.91 Å². The zero-order chi connectivity index (χ0) is 16.9. The Morgan fingerprint density at radius 2 is 2.30 bits per heavy atom. The van der Waals surface area contributed by atoms with E-state index in [1.807, 2.05) is 0 Å². The molecule has 1 unspecified atom stereocenters. The van der Waals surface area contributed by atoms with Gasteiger partial charge in [0.25, 0.3) is 0 Å². The summed E-state index contributed by atoms with van der Waals surface area (Å²) in [5.41, 5.74) is 0. The van der Waals surface area contributed by atoms with Crippen LogP contribution in [-0.4, -0.2) is 76.4 Å². The molecule has 1 rings (SSSR count). The molecule has 1 amide bonds. The Morgan fingerprint density at radius 3 is 2.96 bits per heavy atom. The summed E-state index contributed by atoms with van der Waals surface area (Å²) in [6.07, 6.45) is 5.11. The van der Waals surface area contributed by atoms with Crippen molar-refractivity contribution >= 4 is 11.9 Å². The van der Waals surface area contributed by atoms with E-state index in [9.17, 15) is 4.79 Å². The van der Waals surface area contributed by atoms with Crippen molar-refractivity contribution in [2.45, 2.75) is 25.4 Å². The molecule has 1 saturated heterocycles.